The number of hydrogen-bond acceptors (Lipinski definition) is 4. The maximum atomic E-state index is 9.54. The van der Waals surface area contributed by atoms with Crippen molar-refractivity contribution in [3.05, 3.63) is 0 Å². The van der Waals surface area contributed by atoms with Crippen LogP contribution in [0, 0.1) is 0 Å². The van der Waals surface area contributed by atoms with Crippen LogP contribution in [0.15, 0.2) is 0 Å². The van der Waals surface area contributed by atoms with Gasteiger partial charge in [-0.05, 0) is 23.6 Å². The van der Waals surface area contributed by atoms with Gasteiger partial charge in [-0.1, -0.05) is 20.8 Å². The van der Waals surface area contributed by atoms with Crippen molar-refractivity contribution in [3.63, 3.8) is 0 Å². The Balaban J connectivity index is 4.25. The van der Waals surface area contributed by atoms with E-state index in [1.807, 2.05) is 0 Å². The van der Waals surface area contributed by atoms with Crippen molar-refractivity contribution in [1.82, 2.24) is 0 Å². The predicted octanol–water partition coefficient (Wildman–Crippen LogP) is 1.53. The third kappa shape index (κ3) is 4.40. The van der Waals surface area contributed by atoms with Gasteiger partial charge in [0.05, 0.1) is 0 Å². The van der Waals surface area contributed by atoms with Crippen LogP contribution in [0.5, 0.6) is 0 Å². The Kier molecular flexibility index (Phi) is 5.01. The minimum absolute atomic E-state index is 0.574. The van der Waals surface area contributed by atoms with Crippen molar-refractivity contribution in [1.29, 1.82) is 0 Å². The SMILES string of the molecule is CC(C)(C)P(O)(=S)OO[PH](O)=S. The second kappa shape index (κ2) is 4.58. The Hall–Kier alpha value is 1.14. The molecule has 0 aromatic rings. The fourth-order valence-electron chi connectivity index (χ4n) is 0.194. The fraction of sp³-hybridized carbons (Fsp3) is 1.00. The van der Waals surface area contributed by atoms with Crippen LogP contribution in [0.1, 0.15) is 20.8 Å². The zero-order valence-electron chi connectivity index (χ0n) is 6.97. The summed E-state index contributed by atoms with van der Waals surface area (Å²) in [5, 5.41) is -0.574. The molecular formula is C4H12O4P2S2. The lowest BCUT2D eigenvalue weighted by atomic mass is 10.3. The van der Waals surface area contributed by atoms with Crippen LogP contribution >= 0.6 is 13.6 Å². The Morgan fingerprint density at radius 3 is 2.08 bits per heavy atom. The monoisotopic (exact) mass is 250 g/mol. The Morgan fingerprint density at radius 2 is 1.83 bits per heavy atom. The molecule has 0 fully saturated rings. The molecule has 2 unspecified atom stereocenters. The summed E-state index contributed by atoms with van der Waals surface area (Å²) in [6.45, 7) is 2.16. The molecule has 0 radical (unpaired) electrons. The van der Waals surface area contributed by atoms with Gasteiger partial charge in [0, 0.05) is 5.16 Å². The van der Waals surface area contributed by atoms with Crippen molar-refractivity contribution >= 4 is 37.3 Å². The van der Waals surface area contributed by atoms with E-state index in [1.165, 1.54) is 0 Å². The van der Waals surface area contributed by atoms with E-state index in [2.05, 4.69) is 21.2 Å². The molecule has 8 heteroatoms. The molecular weight excluding hydrogens is 238 g/mol. The summed E-state index contributed by atoms with van der Waals surface area (Å²) in [6.07, 6.45) is 0. The molecule has 0 heterocycles. The maximum absolute atomic E-state index is 9.54. The highest BCUT2D eigenvalue weighted by Gasteiger charge is 2.32. The van der Waals surface area contributed by atoms with Crippen LogP contribution in [-0.4, -0.2) is 14.9 Å². The summed E-state index contributed by atoms with van der Waals surface area (Å²) >= 11 is 9.12. The second-order valence-electron chi connectivity index (χ2n) is 3.12. The van der Waals surface area contributed by atoms with Gasteiger partial charge >= 0.3 is 0 Å². The van der Waals surface area contributed by atoms with Gasteiger partial charge in [-0.15, -0.1) is 0 Å². The van der Waals surface area contributed by atoms with Crippen LogP contribution in [0.2, 0.25) is 0 Å². The van der Waals surface area contributed by atoms with Crippen LogP contribution in [-0.2, 0) is 33.0 Å². The van der Waals surface area contributed by atoms with E-state index in [9.17, 15) is 4.89 Å². The Morgan fingerprint density at radius 1 is 1.42 bits per heavy atom. The largest absolute Gasteiger partial charge is 0.345 e. The summed E-state index contributed by atoms with van der Waals surface area (Å²) in [4.78, 5) is 18.1. The molecule has 0 aromatic heterocycles. The van der Waals surface area contributed by atoms with Crippen LogP contribution in [0.3, 0.4) is 0 Å². The molecule has 0 spiro atoms. The summed E-state index contributed by atoms with van der Waals surface area (Å²) in [5.41, 5.74) is 0. The van der Waals surface area contributed by atoms with Gasteiger partial charge in [0.1, 0.15) is 0 Å². The van der Waals surface area contributed by atoms with E-state index in [0.29, 0.717) is 0 Å². The molecule has 4 nitrogen and oxygen atoms in total. The van der Waals surface area contributed by atoms with Gasteiger partial charge in [-0.3, -0.25) is 0 Å². The third-order valence-corrected chi connectivity index (χ3v) is 5.43. The quantitative estimate of drug-likeness (QED) is 0.450. The average Bonchev–Trinajstić information content (AvgIpc) is 1.81. The fourth-order valence-corrected chi connectivity index (χ4v) is 1.62. The third-order valence-electron chi connectivity index (χ3n) is 1.06. The van der Waals surface area contributed by atoms with Crippen molar-refractivity contribution in [2.24, 2.45) is 0 Å². The zero-order chi connectivity index (χ0) is 9.99. The molecule has 2 N–H and O–H groups in total. The van der Waals surface area contributed by atoms with Crippen molar-refractivity contribution in [3.8, 4) is 0 Å². The molecule has 2 atom stereocenters. The van der Waals surface area contributed by atoms with Gasteiger partial charge in [0.2, 0.25) is 13.6 Å². The number of rotatable bonds is 3. The van der Waals surface area contributed by atoms with Crippen molar-refractivity contribution in [2.45, 2.75) is 25.9 Å². The second-order valence-corrected chi connectivity index (χ2v) is 8.88. The van der Waals surface area contributed by atoms with Gasteiger partial charge in [-0.2, -0.15) is 9.35 Å². The van der Waals surface area contributed by atoms with Crippen molar-refractivity contribution in [2.75, 3.05) is 0 Å². The summed E-state index contributed by atoms with van der Waals surface area (Å²) in [6, 6.07) is 0. The first-order valence-corrected chi connectivity index (χ1v) is 8.25. The average molecular weight is 250 g/mol. The first kappa shape index (κ1) is 13.1. The molecule has 0 aromatic carbocycles. The topological polar surface area (TPSA) is 58.9 Å². The number of hydrogen-bond donors (Lipinski definition) is 2. The van der Waals surface area contributed by atoms with E-state index in [1.54, 1.807) is 20.8 Å². The molecule has 0 saturated carbocycles. The highest BCUT2D eigenvalue weighted by atomic mass is 32.5. The van der Waals surface area contributed by atoms with E-state index < -0.39 is 18.8 Å². The minimum atomic E-state index is -3.02. The molecule has 0 aliphatic carbocycles. The van der Waals surface area contributed by atoms with Gasteiger partial charge in [0.25, 0.3) is 0 Å². The van der Waals surface area contributed by atoms with E-state index in [4.69, 9.17) is 16.7 Å². The molecule has 0 amide bonds. The predicted molar refractivity (Wildman–Crippen MR) is 56.3 cm³/mol. The molecule has 74 valence electrons. The minimum Gasteiger partial charge on any atom is -0.345 e. The van der Waals surface area contributed by atoms with Gasteiger partial charge in [-0.25, -0.2) is 0 Å². The molecule has 0 aliphatic heterocycles. The highest BCUT2D eigenvalue weighted by molar-refractivity contribution is 8.10. The zero-order valence-corrected chi connectivity index (χ0v) is 10.5. The molecule has 0 aliphatic rings. The lowest BCUT2D eigenvalue weighted by molar-refractivity contribution is -0.0950. The van der Waals surface area contributed by atoms with Gasteiger partial charge in [0.15, 0.2) is 0 Å². The van der Waals surface area contributed by atoms with Crippen molar-refractivity contribution < 1.29 is 19.1 Å². The standard InChI is InChI=1S/C4H12O4P2S2/c1-4(2,3)10(6,12)8-7-9(5)11/h9H,1-3H3,(H,5,11)(H,6,12). The normalized spacial score (nSPS) is 20.1. The van der Waals surface area contributed by atoms with Gasteiger partial charge < -0.3 is 9.79 Å². The van der Waals surface area contributed by atoms with E-state index in [-0.39, 0.29) is 0 Å². The lowest BCUT2D eigenvalue weighted by Crippen LogP contribution is -2.15. The summed E-state index contributed by atoms with van der Waals surface area (Å²) < 4.78 is 8.83. The highest BCUT2D eigenvalue weighted by Crippen LogP contribution is 2.56. The molecule has 0 saturated heterocycles. The first-order valence-electron chi connectivity index (χ1n) is 3.09. The van der Waals surface area contributed by atoms with E-state index >= 15 is 0 Å². The van der Waals surface area contributed by atoms with Crippen LogP contribution < -0.4 is 0 Å². The van der Waals surface area contributed by atoms with Crippen LogP contribution in [0.4, 0.5) is 0 Å². The smallest absolute Gasteiger partial charge is 0.225 e. The Bertz CT molecular complexity index is 224. The summed E-state index contributed by atoms with van der Waals surface area (Å²) in [5.74, 6) is 0. The molecule has 0 bridgehead atoms. The molecule has 0 rings (SSSR count). The van der Waals surface area contributed by atoms with E-state index in [0.717, 1.165) is 0 Å². The van der Waals surface area contributed by atoms with Crippen LogP contribution in [0.25, 0.3) is 0 Å². The Labute approximate surface area is 82.6 Å². The maximum Gasteiger partial charge on any atom is 0.225 e. The first-order chi connectivity index (χ1) is 5.17. The summed E-state index contributed by atoms with van der Waals surface area (Å²) in [7, 11) is -2.36. The molecule has 12 heavy (non-hydrogen) atoms. The lowest BCUT2D eigenvalue weighted by Gasteiger charge is -2.26.